The molecule has 0 bridgehead atoms. The van der Waals surface area contributed by atoms with Crippen LogP contribution in [0.1, 0.15) is 42.5 Å². The third-order valence-corrected chi connectivity index (χ3v) is 5.54. The van der Waals surface area contributed by atoms with E-state index < -0.39 is 6.04 Å². The Morgan fingerprint density at radius 1 is 0.879 bits per heavy atom. The summed E-state index contributed by atoms with van der Waals surface area (Å²) >= 11 is 0. The van der Waals surface area contributed by atoms with Gasteiger partial charge in [0.25, 0.3) is 0 Å². The first-order chi connectivity index (χ1) is 16.1. The van der Waals surface area contributed by atoms with Crippen molar-refractivity contribution in [3.63, 3.8) is 0 Å². The van der Waals surface area contributed by atoms with E-state index >= 15 is 0 Å². The molecule has 33 heavy (non-hydrogen) atoms. The minimum absolute atomic E-state index is 0.100. The molecule has 3 aromatic rings. The lowest BCUT2D eigenvalue weighted by molar-refractivity contribution is -0.141. The number of unbranched alkanes of at least 4 members (excludes halogenated alkanes) is 1. The van der Waals surface area contributed by atoms with Crippen LogP contribution in [-0.4, -0.2) is 30.4 Å². The summed E-state index contributed by atoms with van der Waals surface area (Å²) in [4.78, 5) is 28.7. The predicted molar refractivity (Wildman–Crippen MR) is 131 cm³/mol. The molecule has 0 aliphatic heterocycles. The van der Waals surface area contributed by atoms with E-state index in [1.807, 2.05) is 84.9 Å². The van der Waals surface area contributed by atoms with Gasteiger partial charge in [-0.2, -0.15) is 0 Å². The van der Waals surface area contributed by atoms with Crippen LogP contribution in [0.2, 0.25) is 0 Å². The lowest BCUT2D eigenvalue weighted by atomic mass is 10.0. The van der Waals surface area contributed by atoms with Gasteiger partial charge in [0.2, 0.25) is 11.8 Å². The van der Waals surface area contributed by atoms with Crippen molar-refractivity contribution < 1.29 is 14.3 Å². The molecule has 3 aromatic carbocycles. The average Bonchev–Trinajstić information content (AvgIpc) is 2.85. The first-order valence-corrected chi connectivity index (χ1v) is 11.4. The minimum Gasteiger partial charge on any atom is -0.497 e. The van der Waals surface area contributed by atoms with Crippen molar-refractivity contribution in [1.82, 2.24) is 10.2 Å². The highest BCUT2D eigenvalue weighted by Gasteiger charge is 2.31. The van der Waals surface area contributed by atoms with Crippen LogP contribution in [0.15, 0.2) is 84.9 Å². The Bertz CT molecular complexity index is 1000. The quantitative estimate of drug-likeness (QED) is 0.427. The Morgan fingerprint density at radius 2 is 1.52 bits per heavy atom. The van der Waals surface area contributed by atoms with Gasteiger partial charge in [-0.05, 0) is 35.2 Å². The molecule has 1 atom stereocenters. The third-order valence-electron chi connectivity index (χ3n) is 5.54. The molecule has 3 rings (SSSR count). The highest BCUT2D eigenvalue weighted by atomic mass is 16.5. The summed E-state index contributed by atoms with van der Waals surface area (Å²) in [5.74, 6) is 0.485. The van der Waals surface area contributed by atoms with E-state index in [-0.39, 0.29) is 18.2 Å². The fourth-order valence-corrected chi connectivity index (χ4v) is 3.72. The zero-order valence-corrected chi connectivity index (χ0v) is 19.4. The van der Waals surface area contributed by atoms with Crippen LogP contribution < -0.4 is 10.1 Å². The minimum atomic E-state index is -0.721. The summed E-state index contributed by atoms with van der Waals surface area (Å²) in [6, 6.07) is 26.0. The number of rotatable bonds is 11. The van der Waals surface area contributed by atoms with Gasteiger partial charge in [0, 0.05) is 13.1 Å². The Labute approximate surface area is 196 Å². The van der Waals surface area contributed by atoms with E-state index in [9.17, 15) is 9.59 Å². The highest BCUT2D eigenvalue weighted by Crippen LogP contribution is 2.25. The smallest absolute Gasteiger partial charge is 0.247 e. The number of carbonyl (C=O) groups is 2. The van der Waals surface area contributed by atoms with Crippen molar-refractivity contribution >= 4 is 11.8 Å². The second-order valence-electron chi connectivity index (χ2n) is 7.99. The third kappa shape index (κ3) is 6.94. The van der Waals surface area contributed by atoms with Crippen LogP contribution in [-0.2, 0) is 22.6 Å². The fourth-order valence-electron chi connectivity index (χ4n) is 3.72. The van der Waals surface area contributed by atoms with Gasteiger partial charge in [0.05, 0.1) is 13.5 Å². The number of nitrogens with one attached hydrogen (secondary N) is 1. The van der Waals surface area contributed by atoms with Gasteiger partial charge >= 0.3 is 0 Å². The molecule has 0 heterocycles. The second-order valence-corrected chi connectivity index (χ2v) is 7.99. The number of benzene rings is 3. The zero-order chi connectivity index (χ0) is 23.5. The molecule has 0 radical (unpaired) electrons. The molecule has 0 aliphatic carbocycles. The van der Waals surface area contributed by atoms with Crippen molar-refractivity contribution in [2.45, 2.75) is 38.8 Å². The second kappa shape index (κ2) is 12.4. The van der Waals surface area contributed by atoms with Gasteiger partial charge in [-0.1, -0.05) is 86.1 Å². The number of hydrogen-bond acceptors (Lipinski definition) is 3. The van der Waals surface area contributed by atoms with Crippen LogP contribution in [0.3, 0.4) is 0 Å². The standard InChI is InChI=1S/C28H32N2O3/c1-3-4-19-29-28(32)27(24-13-9-6-10-14-24)30(21-23-15-17-25(33-2)18-16-23)26(31)20-22-11-7-5-8-12-22/h5-18,27H,3-4,19-21H2,1-2H3,(H,29,32)/t27-/m1/s1. The molecule has 5 nitrogen and oxygen atoms in total. The topological polar surface area (TPSA) is 58.6 Å². The van der Waals surface area contributed by atoms with Gasteiger partial charge in [-0.15, -0.1) is 0 Å². The molecule has 0 fully saturated rings. The molecule has 0 spiro atoms. The molecule has 2 amide bonds. The van der Waals surface area contributed by atoms with Gasteiger partial charge in [0.15, 0.2) is 0 Å². The van der Waals surface area contributed by atoms with Crippen molar-refractivity contribution in [2.75, 3.05) is 13.7 Å². The van der Waals surface area contributed by atoms with E-state index in [2.05, 4.69) is 12.2 Å². The van der Waals surface area contributed by atoms with Crippen LogP contribution in [0, 0.1) is 0 Å². The normalized spacial score (nSPS) is 11.5. The monoisotopic (exact) mass is 444 g/mol. The molecule has 0 unspecified atom stereocenters. The molecular weight excluding hydrogens is 412 g/mol. The number of carbonyl (C=O) groups excluding carboxylic acids is 2. The maximum Gasteiger partial charge on any atom is 0.247 e. The zero-order valence-electron chi connectivity index (χ0n) is 19.4. The SMILES string of the molecule is CCCCNC(=O)[C@@H](c1ccccc1)N(Cc1ccc(OC)cc1)C(=O)Cc1ccccc1. The van der Waals surface area contributed by atoms with Crippen LogP contribution in [0.5, 0.6) is 5.75 Å². The Hall–Kier alpha value is -3.60. The van der Waals surface area contributed by atoms with Crippen molar-refractivity contribution in [3.8, 4) is 5.75 Å². The van der Waals surface area contributed by atoms with Crippen molar-refractivity contribution in [1.29, 1.82) is 0 Å². The van der Waals surface area contributed by atoms with Gasteiger partial charge in [-0.25, -0.2) is 0 Å². The summed E-state index contributed by atoms with van der Waals surface area (Å²) in [7, 11) is 1.62. The molecule has 0 aliphatic rings. The van der Waals surface area contributed by atoms with E-state index in [0.29, 0.717) is 13.1 Å². The number of hydrogen-bond donors (Lipinski definition) is 1. The Balaban J connectivity index is 1.95. The van der Waals surface area contributed by atoms with Gasteiger partial charge in [0.1, 0.15) is 11.8 Å². The van der Waals surface area contributed by atoms with E-state index in [1.54, 1.807) is 12.0 Å². The first kappa shape index (κ1) is 24.1. The molecule has 1 N–H and O–H groups in total. The molecule has 5 heteroatoms. The fraction of sp³-hybridized carbons (Fsp3) is 0.286. The molecule has 0 aromatic heterocycles. The molecule has 172 valence electrons. The largest absolute Gasteiger partial charge is 0.497 e. The summed E-state index contributed by atoms with van der Waals surface area (Å²) in [5, 5.41) is 3.03. The molecule has 0 saturated carbocycles. The lowest BCUT2D eigenvalue weighted by Gasteiger charge is -2.32. The number of nitrogens with zero attached hydrogens (tertiary/aromatic N) is 1. The average molecular weight is 445 g/mol. The Kier molecular flexibility index (Phi) is 9.07. The van der Waals surface area contributed by atoms with Crippen molar-refractivity contribution in [3.05, 3.63) is 102 Å². The van der Waals surface area contributed by atoms with Crippen LogP contribution in [0.25, 0.3) is 0 Å². The number of amides is 2. The first-order valence-electron chi connectivity index (χ1n) is 11.4. The number of ether oxygens (including phenoxy) is 1. The van der Waals surface area contributed by atoms with E-state index in [1.165, 1.54) is 0 Å². The molecular formula is C28H32N2O3. The summed E-state index contributed by atoms with van der Waals surface area (Å²) in [5.41, 5.74) is 2.64. The van der Waals surface area contributed by atoms with Crippen LogP contribution in [0.4, 0.5) is 0 Å². The maximum atomic E-state index is 13.6. The van der Waals surface area contributed by atoms with E-state index in [4.69, 9.17) is 4.74 Å². The molecule has 0 saturated heterocycles. The maximum absolute atomic E-state index is 13.6. The van der Waals surface area contributed by atoms with E-state index in [0.717, 1.165) is 35.3 Å². The van der Waals surface area contributed by atoms with Crippen LogP contribution >= 0.6 is 0 Å². The predicted octanol–water partition coefficient (Wildman–Crippen LogP) is 4.92. The lowest BCUT2D eigenvalue weighted by Crippen LogP contribution is -2.44. The summed E-state index contributed by atoms with van der Waals surface area (Å²) in [6.07, 6.45) is 2.10. The highest BCUT2D eigenvalue weighted by molar-refractivity contribution is 5.89. The van der Waals surface area contributed by atoms with Crippen molar-refractivity contribution in [2.24, 2.45) is 0 Å². The van der Waals surface area contributed by atoms with Gasteiger partial charge < -0.3 is 15.0 Å². The number of methoxy groups -OCH3 is 1. The summed E-state index contributed by atoms with van der Waals surface area (Å²) in [6.45, 7) is 2.98. The summed E-state index contributed by atoms with van der Waals surface area (Å²) < 4.78 is 5.27. The van der Waals surface area contributed by atoms with Gasteiger partial charge in [-0.3, -0.25) is 9.59 Å². The Morgan fingerprint density at radius 3 is 2.12 bits per heavy atom.